The van der Waals surface area contributed by atoms with Crippen LogP contribution in [0.2, 0.25) is 0 Å². The number of aryl methyl sites for hydroxylation is 2. The Labute approximate surface area is 302 Å². The fourth-order valence-electron chi connectivity index (χ4n) is 7.84. The van der Waals surface area contributed by atoms with Crippen molar-refractivity contribution in [2.75, 3.05) is 6.54 Å². The maximum atomic E-state index is 5.38. The second kappa shape index (κ2) is 17.0. The predicted octanol–water partition coefficient (Wildman–Crippen LogP) is 9.12. The number of rotatable bonds is 21. The van der Waals surface area contributed by atoms with Gasteiger partial charge in [0.1, 0.15) is 38.5 Å². The third-order valence-corrected chi connectivity index (χ3v) is 10.8. The monoisotopic (exact) mass is 688 g/mol. The standard InChI is InChI=1S/C42H58N9/c1-4-7-10-13-16-19-25-49-28-22-31-40(49)46-37-34(43-31)35-38(47-41-32(44-35)23-29-50(41)26-20-17-14-11-8-5-2)39-36(37)45-33-24-30-51(42(33)48-39)27-21-18-15-12-9-6-3/h22-24,28-30,32H,4-21,25-27H2,1-3H3/q+1. The lowest BCUT2D eigenvalue weighted by Crippen LogP contribution is -2.39. The minimum atomic E-state index is -0.124. The van der Waals surface area contributed by atoms with E-state index >= 15 is 0 Å². The van der Waals surface area contributed by atoms with Crippen molar-refractivity contribution >= 4 is 50.2 Å². The second-order valence-corrected chi connectivity index (χ2v) is 14.9. The SMILES string of the molecule is CCCCCCCCn1ccc2nc3c(nc21)c1c(c2nc4ccn(CCCCCCCC)c4nc23)=NC2C=C[N+](CCCCCCCC)=C2N=1. The molecule has 1 unspecified atom stereocenters. The summed E-state index contributed by atoms with van der Waals surface area (Å²) in [5.41, 5.74) is 6.69. The summed E-state index contributed by atoms with van der Waals surface area (Å²) in [6.07, 6.45) is 31.4. The van der Waals surface area contributed by atoms with Gasteiger partial charge in [0, 0.05) is 25.5 Å². The van der Waals surface area contributed by atoms with Crippen LogP contribution in [0, 0.1) is 0 Å². The number of hydrogen-bond donors (Lipinski definition) is 0. The summed E-state index contributed by atoms with van der Waals surface area (Å²) in [7, 11) is 0. The summed E-state index contributed by atoms with van der Waals surface area (Å²) in [5, 5.41) is 1.57. The smallest absolute Gasteiger partial charge is 0.328 e. The van der Waals surface area contributed by atoms with Crippen molar-refractivity contribution < 1.29 is 4.58 Å². The third kappa shape index (κ3) is 7.77. The van der Waals surface area contributed by atoms with Crippen molar-refractivity contribution in [2.24, 2.45) is 9.98 Å². The molecule has 0 bridgehead atoms. The van der Waals surface area contributed by atoms with E-state index in [-0.39, 0.29) is 6.04 Å². The van der Waals surface area contributed by atoms with Crippen molar-refractivity contribution in [2.45, 2.75) is 155 Å². The Morgan fingerprint density at radius 1 is 0.549 bits per heavy atom. The predicted molar refractivity (Wildman–Crippen MR) is 209 cm³/mol. The van der Waals surface area contributed by atoms with Crippen LogP contribution in [0.3, 0.4) is 0 Å². The van der Waals surface area contributed by atoms with Crippen LogP contribution in [0.25, 0.3) is 44.4 Å². The molecule has 0 aliphatic carbocycles. The Kier molecular flexibility index (Phi) is 11.8. The van der Waals surface area contributed by atoms with Crippen LogP contribution in [-0.4, -0.2) is 52.1 Å². The lowest BCUT2D eigenvalue weighted by atomic mass is 10.1. The summed E-state index contributed by atoms with van der Waals surface area (Å²) in [4.78, 5) is 31.9. The summed E-state index contributed by atoms with van der Waals surface area (Å²) in [6.45, 7) is 9.65. The zero-order chi connectivity index (χ0) is 35.0. The largest absolute Gasteiger partial charge is 0.331 e. The van der Waals surface area contributed by atoms with Crippen LogP contribution in [0.1, 0.15) is 136 Å². The van der Waals surface area contributed by atoms with E-state index in [0.29, 0.717) is 0 Å². The third-order valence-electron chi connectivity index (χ3n) is 10.8. The molecule has 0 fully saturated rings. The summed E-state index contributed by atoms with van der Waals surface area (Å²) in [6, 6.07) is 4.08. The Morgan fingerprint density at radius 3 is 1.65 bits per heavy atom. The van der Waals surface area contributed by atoms with Crippen LogP contribution in [0.5, 0.6) is 0 Å². The fourth-order valence-corrected chi connectivity index (χ4v) is 7.84. The van der Waals surface area contributed by atoms with Gasteiger partial charge in [-0.15, -0.1) is 0 Å². The molecule has 51 heavy (non-hydrogen) atoms. The van der Waals surface area contributed by atoms with Gasteiger partial charge in [-0.3, -0.25) is 4.99 Å². The fraction of sp³-hybridized carbons (Fsp3) is 0.595. The lowest BCUT2D eigenvalue weighted by Gasteiger charge is -2.10. The number of aromatic nitrogens is 6. The van der Waals surface area contributed by atoms with Gasteiger partial charge in [0.15, 0.2) is 17.3 Å². The molecule has 0 saturated heterocycles. The first kappa shape index (κ1) is 35.4. The van der Waals surface area contributed by atoms with Gasteiger partial charge in [0.05, 0.1) is 12.7 Å². The molecule has 0 saturated carbocycles. The number of hydrogen-bond acceptors (Lipinski definition) is 6. The van der Waals surface area contributed by atoms with Gasteiger partial charge >= 0.3 is 5.84 Å². The Morgan fingerprint density at radius 2 is 1.04 bits per heavy atom. The molecule has 7 rings (SSSR count). The second-order valence-electron chi connectivity index (χ2n) is 14.9. The van der Waals surface area contributed by atoms with Gasteiger partial charge < -0.3 is 9.13 Å². The molecule has 0 radical (unpaired) electrons. The quantitative estimate of drug-likeness (QED) is 0.0437. The van der Waals surface area contributed by atoms with E-state index in [9.17, 15) is 0 Å². The number of nitrogens with zero attached hydrogens (tertiary/aromatic N) is 9. The summed E-state index contributed by atoms with van der Waals surface area (Å²) < 4.78 is 6.84. The maximum absolute atomic E-state index is 5.38. The molecule has 4 aromatic heterocycles. The highest BCUT2D eigenvalue weighted by molar-refractivity contribution is 6.04. The van der Waals surface area contributed by atoms with E-state index in [1.165, 1.54) is 96.3 Å². The molecule has 0 spiro atoms. The number of unbranched alkanes of at least 4 members (excludes halogenated alkanes) is 15. The van der Waals surface area contributed by atoms with Crippen LogP contribution >= 0.6 is 0 Å². The molecule has 2 aliphatic heterocycles. The highest BCUT2D eigenvalue weighted by atomic mass is 15.1. The highest BCUT2D eigenvalue weighted by Gasteiger charge is 2.33. The molecule has 6 heterocycles. The van der Waals surface area contributed by atoms with Gasteiger partial charge in [-0.05, 0) is 48.9 Å². The molecular weight excluding hydrogens is 631 g/mol. The normalized spacial score (nSPS) is 15.4. The number of benzene rings is 1. The van der Waals surface area contributed by atoms with Crippen LogP contribution in [-0.2, 0) is 13.1 Å². The van der Waals surface area contributed by atoms with Crippen molar-refractivity contribution in [3.63, 3.8) is 0 Å². The van der Waals surface area contributed by atoms with Gasteiger partial charge in [-0.1, -0.05) is 111 Å². The Hall–Kier alpha value is -4.01. The van der Waals surface area contributed by atoms with Crippen molar-refractivity contribution in [3.05, 3.63) is 47.5 Å². The molecule has 0 amide bonds. The van der Waals surface area contributed by atoms with Crippen molar-refractivity contribution in [3.8, 4) is 0 Å². The average Bonchev–Trinajstić information content (AvgIpc) is 3.87. The van der Waals surface area contributed by atoms with Gasteiger partial charge in [0.2, 0.25) is 5.36 Å². The maximum Gasteiger partial charge on any atom is 0.328 e. The molecule has 9 heteroatoms. The Bertz CT molecular complexity index is 2150. The molecule has 1 atom stereocenters. The van der Waals surface area contributed by atoms with Crippen molar-refractivity contribution in [1.29, 1.82) is 0 Å². The van der Waals surface area contributed by atoms with E-state index < -0.39 is 0 Å². The molecule has 0 N–H and O–H groups in total. The van der Waals surface area contributed by atoms with E-state index in [0.717, 1.165) is 99.8 Å². The van der Waals surface area contributed by atoms with Crippen LogP contribution in [0.4, 0.5) is 0 Å². The van der Waals surface area contributed by atoms with Crippen molar-refractivity contribution in [1.82, 2.24) is 29.1 Å². The average molecular weight is 689 g/mol. The van der Waals surface area contributed by atoms with Crippen LogP contribution in [0.15, 0.2) is 46.8 Å². The molecule has 270 valence electrons. The minimum Gasteiger partial charge on any atom is -0.331 e. The van der Waals surface area contributed by atoms with Gasteiger partial charge in [-0.25, -0.2) is 24.5 Å². The lowest BCUT2D eigenvalue weighted by molar-refractivity contribution is -0.456. The molecule has 2 aliphatic rings. The molecule has 9 nitrogen and oxygen atoms in total. The van der Waals surface area contributed by atoms with E-state index in [1.807, 2.05) is 0 Å². The Balaban J connectivity index is 1.29. The first-order valence-corrected chi connectivity index (χ1v) is 20.4. The summed E-state index contributed by atoms with van der Waals surface area (Å²) >= 11 is 0. The number of amidine groups is 1. The number of fused-ring (bicyclic) bond motifs is 9. The van der Waals surface area contributed by atoms with E-state index in [4.69, 9.17) is 29.9 Å². The van der Waals surface area contributed by atoms with Gasteiger partial charge in [-0.2, -0.15) is 0 Å². The molecular formula is C42H58N9+. The first-order chi connectivity index (χ1) is 25.2. The highest BCUT2D eigenvalue weighted by Crippen LogP contribution is 2.24. The zero-order valence-electron chi connectivity index (χ0n) is 31.4. The molecule has 5 aromatic rings. The van der Waals surface area contributed by atoms with Gasteiger partial charge in [0.25, 0.3) is 0 Å². The molecule has 1 aromatic carbocycles. The minimum absolute atomic E-state index is 0.124. The zero-order valence-corrected chi connectivity index (χ0v) is 31.4. The summed E-state index contributed by atoms with van der Waals surface area (Å²) in [5.74, 6) is 0.986. The van der Waals surface area contributed by atoms with E-state index in [2.05, 4.69) is 71.3 Å². The van der Waals surface area contributed by atoms with E-state index in [1.54, 1.807) is 0 Å². The topological polar surface area (TPSA) is 89.2 Å². The first-order valence-electron chi connectivity index (χ1n) is 20.4. The van der Waals surface area contributed by atoms with Crippen LogP contribution < -0.4 is 10.7 Å².